The highest BCUT2D eigenvalue weighted by Gasteiger charge is 2.28. The number of hydrogen-bond donors (Lipinski definition) is 1. The average Bonchev–Trinajstić information content (AvgIpc) is 3.26. The second-order valence-electron chi connectivity index (χ2n) is 6.79. The van der Waals surface area contributed by atoms with Crippen LogP contribution in [0, 0.1) is 10.1 Å². The van der Waals surface area contributed by atoms with Crippen molar-refractivity contribution >= 4 is 29.0 Å². The van der Waals surface area contributed by atoms with Crippen molar-refractivity contribution in [3.8, 4) is 11.5 Å². The van der Waals surface area contributed by atoms with E-state index in [0.29, 0.717) is 49.0 Å². The van der Waals surface area contributed by atoms with Crippen molar-refractivity contribution in [2.45, 2.75) is 18.8 Å². The molecule has 1 N–H and O–H groups in total. The maximum absolute atomic E-state index is 12.5. The lowest BCUT2D eigenvalue weighted by Gasteiger charge is -2.30. The van der Waals surface area contributed by atoms with Crippen LogP contribution in [0.1, 0.15) is 24.7 Å². The number of nitrogens with zero attached hydrogens (tertiary/aromatic N) is 5. The Hall–Kier alpha value is -3.53. The standard InChI is InChI=1S/C19H17ClN6O4/c20-14-5-4-13(11-16(14)26(28)29)22-19(27)25-9-6-12(7-10-25)18-23-17(24-30-18)15-3-1-2-8-21-15/h1-5,8,11-12H,6-7,9-10H2,(H,22,27). The molecule has 1 aromatic carbocycles. The molecule has 30 heavy (non-hydrogen) atoms. The number of halogens is 1. The van der Waals surface area contributed by atoms with Gasteiger partial charge in [0, 0.05) is 37.0 Å². The highest BCUT2D eigenvalue weighted by atomic mass is 35.5. The number of piperidine rings is 1. The molecule has 1 aliphatic rings. The smallest absolute Gasteiger partial charge is 0.321 e. The molecule has 0 radical (unpaired) electrons. The zero-order chi connectivity index (χ0) is 21.1. The van der Waals surface area contributed by atoms with Gasteiger partial charge in [-0.1, -0.05) is 22.8 Å². The van der Waals surface area contributed by atoms with Crippen LogP contribution >= 0.6 is 11.6 Å². The predicted molar refractivity (Wildman–Crippen MR) is 108 cm³/mol. The lowest BCUT2D eigenvalue weighted by molar-refractivity contribution is -0.384. The number of urea groups is 1. The van der Waals surface area contributed by atoms with Gasteiger partial charge in [0.15, 0.2) is 0 Å². The van der Waals surface area contributed by atoms with Crippen LogP contribution in [0.4, 0.5) is 16.2 Å². The molecule has 1 saturated heterocycles. The molecule has 1 fully saturated rings. The first kappa shape index (κ1) is 19.8. The molecule has 0 aliphatic carbocycles. The lowest BCUT2D eigenvalue weighted by atomic mass is 9.97. The largest absolute Gasteiger partial charge is 0.339 e. The summed E-state index contributed by atoms with van der Waals surface area (Å²) in [6, 6.07) is 9.30. The zero-order valence-electron chi connectivity index (χ0n) is 15.7. The summed E-state index contributed by atoms with van der Waals surface area (Å²) >= 11 is 5.80. The first-order valence-electron chi connectivity index (χ1n) is 9.26. The molecule has 3 aromatic rings. The Balaban J connectivity index is 1.36. The van der Waals surface area contributed by atoms with Gasteiger partial charge in [0.05, 0.1) is 4.92 Å². The van der Waals surface area contributed by atoms with Crippen LogP contribution in [0.25, 0.3) is 11.5 Å². The molecule has 0 atom stereocenters. The van der Waals surface area contributed by atoms with Crippen LogP contribution in [0.3, 0.4) is 0 Å². The molecule has 11 heteroatoms. The second-order valence-corrected chi connectivity index (χ2v) is 7.19. The number of hydrogen-bond acceptors (Lipinski definition) is 7. The molecule has 2 amide bonds. The summed E-state index contributed by atoms with van der Waals surface area (Å²) in [7, 11) is 0. The van der Waals surface area contributed by atoms with Crippen LogP contribution in [0.2, 0.25) is 5.02 Å². The van der Waals surface area contributed by atoms with E-state index in [2.05, 4.69) is 20.4 Å². The number of aromatic nitrogens is 3. The van der Waals surface area contributed by atoms with Crippen LogP contribution in [-0.4, -0.2) is 44.1 Å². The molecule has 3 heterocycles. The number of likely N-dealkylation sites (tertiary alicyclic amines) is 1. The summed E-state index contributed by atoms with van der Waals surface area (Å²) in [5, 5.41) is 17.7. The SMILES string of the molecule is O=C(Nc1ccc(Cl)c([N+](=O)[O-])c1)N1CCC(c2nc(-c3ccccn3)no2)CC1. The van der Waals surface area contributed by atoms with E-state index < -0.39 is 4.92 Å². The van der Waals surface area contributed by atoms with Gasteiger partial charge in [0.2, 0.25) is 11.7 Å². The minimum atomic E-state index is -0.590. The van der Waals surface area contributed by atoms with E-state index in [4.69, 9.17) is 16.1 Å². The number of pyridine rings is 1. The van der Waals surface area contributed by atoms with Crippen molar-refractivity contribution < 1.29 is 14.2 Å². The number of nitro benzene ring substituents is 1. The number of carbonyl (C=O) groups excluding carboxylic acids is 1. The van der Waals surface area contributed by atoms with Crippen molar-refractivity contribution in [3.63, 3.8) is 0 Å². The summed E-state index contributed by atoms with van der Waals surface area (Å²) in [5.74, 6) is 1.02. The monoisotopic (exact) mass is 428 g/mol. The van der Waals surface area contributed by atoms with Crippen molar-refractivity contribution in [1.29, 1.82) is 0 Å². The van der Waals surface area contributed by atoms with Gasteiger partial charge in [-0.25, -0.2) is 4.79 Å². The molecule has 1 aliphatic heterocycles. The second kappa shape index (κ2) is 8.46. The Morgan fingerprint density at radius 1 is 1.27 bits per heavy atom. The number of nitro groups is 1. The van der Waals surface area contributed by atoms with Gasteiger partial charge in [0.25, 0.3) is 5.69 Å². The summed E-state index contributed by atoms with van der Waals surface area (Å²) in [6.07, 6.45) is 2.99. The molecule has 0 spiro atoms. The summed E-state index contributed by atoms with van der Waals surface area (Å²) in [6.45, 7) is 0.987. The number of nitrogens with one attached hydrogen (secondary N) is 1. The topological polar surface area (TPSA) is 127 Å². The molecule has 154 valence electrons. The van der Waals surface area contributed by atoms with Crippen molar-refractivity contribution in [2.75, 3.05) is 18.4 Å². The summed E-state index contributed by atoms with van der Waals surface area (Å²) < 4.78 is 5.40. The normalized spacial score (nSPS) is 14.5. The predicted octanol–water partition coefficient (Wildman–Crippen LogP) is 4.10. The molecular weight excluding hydrogens is 412 g/mol. The fraction of sp³-hybridized carbons (Fsp3) is 0.263. The van der Waals surface area contributed by atoms with Gasteiger partial charge in [-0.3, -0.25) is 15.1 Å². The number of amides is 2. The third-order valence-electron chi connectivity index (χ3n) is 4.86. The number of carbonyl (C=O) groups is 1. The van der Waals surface area contributed by atoms with E-state index in [0.717, 1.165) is 0 Å². The van der Waals surface area contributed by atoms with Crippen molar-refractivity contribution in [1.82, 2.24) is 20.0 Å². The molecule has 10 nitrogen and oxygen atoms in total. The Bertz CT molecular complexity index is 1070. The number of anilines is 1. The van der Waals surface area contributed by atoms with E-state index >= 15 is 0 Å². The van der Waals surface area contributed by atoms with Crippen LogP contribution < -0.4 is 5.32 Å². The first-order valence-corrected chi connectivity index (χ1v) is 9.64. The molecule has 0 unspecified atom stereocenters. The molecular formula is C19H17ClN6O4. The van der Waals surface area contributed by atoms with Gasteiger partial charge in [-0.15, -0.1) is 0 Å². The van der Waals surface area contributed by atoms with Crippen LogP contribution in [-0.2, 0) is 0 Å². The number of benzene rings is 1. The van der Waals surface area contributed by atoms with E-state index in [9.17, 15) is 14.9 Å². The molecule has 0 saturated carbocycles. The fourth-order valence-electron chi connectivity index (χ4n) is 3.26. The van der Waals surface area contributed by atoms with Gasteiger partial charge < -0.3 is 14.7 Å². The highest BCUT2D eigenvalue weighted by molar-refractivity contribution is 6.32. The van der Waals surface area contributed by atoms with Crippen molar-refractivity contribution in [2.24, 2.45) is 0 Å². The van der Waals surface area contributed by atoms with Crippen molar-refractivity contribution in [3.05, 3.63) is 63.6 Å². The minimum absolute atomic E-state index is 0.0171. The Labute approximate surface area is 176 Å². The van der Waals surface area contributed by atoms with Gasteiger partial charge >= 0.3 is 6.03 Å². The zero-order valence-corrected chi connectivity index (χ0v) is 16.5. The average molecular weight is 429 g/mol. The summed E-state index contributed by atoms with van der Waals surface area (Å²) in [5.41, 5.74) is 0.699. The third kappa shape index (κ3) is 4.23. The number of rotatable bonds is 4. The van der Waals surface area contributed by atoms with E-state index in [-0.39, 0.29) is 22.7 Å². The Morgan fingerprint density at radius 3 is 2.77 bits per heavy atom. The van der Waals surface area contributed by atoms with Crippen LogP contribution in [0.5, 0.6) is 0 Å². The molecule has 4 rings (SSSR count). The van der Waals surface area contributed by atoms with E-state index in [1.165, 1.54) is 18.2 Å². The maximum Gasteiger partial charge on any atom is 0.321 e. The summed E-state index contributed by atoms with van der Waals surface area (Å²) in [4.78, 5) is 33.2. The Morgan fingerprint density at radius 2 is 2.07 bits per heavy atom. The highest BCUT2D eigenvalue weighted by Crippen LogP contribution is 2.30. The van der Waals surface area contributed by atoms with E-state index in [1.54, 1.807) is 11.1 Å². The maximum atomic E-state index is 12.5. The van der Waals surface area contributed by atoms with Gasteiger partial charge in [-0.2, -0.15) is 4.98 Å². The Kier molecular flexibility index (Phi) is 5.57. The quantitative estimate of drug-likeness (QED) is 0.489. The van der Waals surface area contributed by atoms with Gasteiger partial charge in [-0.05, 0) is 37.1 Å². The van der Waals surface area contributed by atoms with Gasteiger partial charge in [0.1, 0.15) is 10.7 Å². The lowest BCUT2D eigenvalue weighted by Crippen LogP contribution is -2.40. The molecule has 0 bridgehead atoms. The molecule has 2 aromatic heterocycles. The van der Waals surface area contributed by atoms with Crippen LogP contribution in [0.15, 0.2) is 47.1 Å². The fourth-order valence-corrected chi connectivity index (χ4v) is 3.45. The minimum Gasteiger partial charge on any atom is -0.339 e. The third-order valence-corrected chi connectivity index (χ3v) is 5.18. The van der Waals surface area contributed by atoms with E-state index in [1.807, 2.05) is 18.2 Å². The first-order chi connectivity index (χ1) is 14.5.